The van der Waals surface area contributed by atoms with Crippen LogP contribution in [0.5, 0.6) is 5.75 Å². The second-order valence-corrected chi connectivity index (χ2v) is 5.86. The zero-order valence-electron chi connectivity index (χ0n) is 13.3. The molecule has 1 atom stereocenters. The van der Waals surface area contributed by atoms with Gasteiger partial charge in [-0.05, 0) is 43.5 Å². The van der Waals surface area contributed by atoms with Gasteiger partial charge in [-0.2, -0.15) is 0 Å². The molecule has 0 aliphatic heterocycles. The first kappa shape index (κ1) is 17.5. The van der Waals surface area contributed by atoms with Crippen molar-refractivity contribution >= 4 is 5.97 Å². The van der Waals surface area contributed by atoms with Gasteiger partial charge < -0.3 is 15.2 Å². The molecule has 4 heteroatoms. The van der Waals surface area contributed by atoms with Crippen LogP contribution in [0, 0.1) is 5.92 Å². The molecule has 0 aromatic heterocycles. The average Bonchev–Trinajstić information content (AvgIpc) is 2.43. The number of carbonyl (C=O) groups is 1. The molecule has 0 amide bonds. The molecule has 118 valence electrons. The molecule has 0 radical (unpaired) electrons. The van der Waals surface area contributed by atoms with Gasteiger partial charge in [-0.25, -0.2) is 4.79 Å². The van der Waals surface area contributed by atoms with Crippen molar-refractivity contribution in [2.75, 3.05) is 13.2 Å². The molecule has 0 aliphatic rings. The van der Waals surface area contributed by atoms with Gasteiger partial charge in [0.25, 0.3) is 0 Å². The van der Waals surface area contributed by atoms with E-state index in [9.17, 15) is 4.79 Å². The van der Waals surface area contributed by atoms with E-state index in [1.165, 1.54) is 19.3 Å². The third-order valence-electron chi connectivity index (χ3n) is 3.38. The molecule has 0 aliphatic carbocycles. The topological polar surface area (TPSA) is 58.6 Å². The average molecular weight is 293 g/mol. The SMILES string of the molecule is CC(C)CCCC(C)NCCOc1ccc(C(=O)O)cc1. The van der Waals surface area contributed by atoms with Crippen LogP contribution < -0.4 is 10.1 Å². The van der Waals surface area contributed by atoms with Crippen LogP contribution in [0.2, 0.25) is 0 Å². The Balaban J connectivity index is 2.14. The van der Waals surface area contributed by atoms with Crippen molar-refractivity contribution in [2.24, 2.45) is 5.92 Å². The van der Waals surface area contributed by atoms with Gasteiger partial charge >= 0.3 is 5.97 Å². The third kappa shape index (κ3) is 7.71. The summed E-state index contributed by atoms with van der Waals surface area (Å²) >= 11 is 0. The summed E-state index contributed by atoms with van der Waals surface area (Å²) in [5.41, 5.74) is 0.277. The highest BCUT2D eigenvalue weighted by molar-refractivity contribution is 5.87. The summed E-state index contributed by atoms with van der Waals surface area (Å²) in [4.78, 5) is 10.7. The summed E-state index contributed by atoms with van der Waals surface area (Å²) in [7, 11) is 0. The summed E-state index contributed by atoms with van der Waals surface area (Å²) in [6.45, 7) is 8.08. The van der Waals surface area contributed by atoms with Gasteiger partial charge in [-0.15, -0.1) is 0 Å². The largest absolute Gasteiger partial charge is 0.492 e. The zero-order chi connectivity index (χ0) is 15.7. The molecule has 2 N–H and O–H groups in total. The van der Waals surface area contributed by atoms with E-state index in [1.54, 1.807) is 24.3 Å². The highest BCUT2D eigenvalue weighted by Gasteiger charge is 2.04. The summed E-state index contributed by atoms with van der Waals surface area (Å²) < 4.78 is 5.58. The fraction of sp³-hybridized carbons (Fsp3) is 0.588. The number of carboxylic acids is 1. The van der Waals surface area contributed by atoms with Gasteiger partial charge in [0.2, 0.25) is 0 Å². The van der Waals surface area contributed by atoms with Gasteiger partial charge in [-0.1, -0.05) is 26.7 Å². The van der Waals surface area contributed by atoms with Crippen LogP contribution in [0.25, 0.3) is 0 Å². The van der Waals surface area contributed by atoms with Crippen LogP contribution in [0.4, 0.5) is 0 Å². The first-order valence-electron chi connectivity index (χ1n) is 7.68. The summed E-state index contributed by atoms with van der Waals surface area (Å²) in [6, 6.07) is 6.99. The number of rotatable bonds is 10. The number of nitrogens with one attached hydrogen (secondary N) is 1. The molecular formula is C17H27NO3. The predicted molar refractivity (Wildman–Crippen MR) is 85.1 cm³/mol. The minimum absolute atomic E-state index is 0.277. The van der Waals surface area contributed by atoms with Crippen molar-refractivity contribution in [1.82, 2.24) is 5.32 Å². The van der Waals surface area contributed by atoms with Gasteiger partial charge in [0, 0.05) is 12.6 Å². The Hall–Kier alpha value is -1.55. The molecule has 0 saturated carbocycles. The van der Waals surface area contributed by atoms with E-state index in [0.29, 0.717) is 18.4 Å². The van der Waals surface area contributed by atoms with Crippen molar-refractivity contribution in [1.29, 1.82) is 0 Å². The molecule has 4 nitrogen and oxygen atoms in total. The van der Waals surface area contributed by atoms with Gasteiger partial charge in [0.15, 0.2) is 0 Å². The van der Waals surface area contributed by atoms with E-state index >= 15 is 0 Å². The highest BCUT2D eigenvalue weighted by atomic mass is 16.5. The number of hydrogen-bond donors (Lipinski definition) is 2. The molecule has 1 aromatic carbocycles. The van der Waals surface area contributed by atoms with Crippen LogP contribution in [-0.4, -0.2) is 30.3 Å². The third-order valence-corrected chi connectivity index (χ3v) is 3.38. The van der Waals surface area contributed by atoms with E-state index in [2.05, 4.69) is 26.1 Å². The molecule has 1 unspecified atom stereocenters. The molecule has 0 saturated heterocycles. The van der Waals surface area contributed by atoms with Crippen molar-refractivity contribution in [2.45, 2.75) is 46.1 Å². The first-order valence-corrected chi connectivity index (χ1v) is 7.68. The second kappa shape index (κ2) is 9.40. The zero-order valence-corrected chi connectivity index (χ0v) is 13.3. The molecule has 0 fully saturated rings. The van der Waals surface area contributed by atoms with Crippen molar-refractivity contribution < 1.29 is 14.6 Å². The van der Waals surface area contributed by atoms with E-state index in [4.69, 9.17) is 9.84 Å². The van der Waals surface area contributed by atoms with Gasteiger partial charge in [-0.3, -0.25) is 0 Å². The summed E-state index contributed by atoms with van der Waals surface area (Å²) in [5.74, 6) is 0.557. The van der Waals surface area contributed by atoms with Crippen molar-refractivity contribution in [3.05, 3.63) is 29.8 Å². The first-order chi connectivity index (χ1) is 9.99. The summed E-state index contributed by atoms with van der Waals surface area (Å²) in [5, 5.41) is 12.2. The molecule has 0 heterocycles. The lowest BCUT2D eigenvalue weighted by atomic mass is 10.0. The lowest BCUT2D eigenvalue weighted by Crippen LogP contribution is -2.30. The van der Waals surface area contributed by atoms with Crippen LogP contribution in [0.3, 0.4) is 0 Å². The van der Waals surface area contributed by atoms with Crippen LogP contribution in [0.1, 0.15) is 50.4 Å². The van der Waals surface area contributed by atoms with Gasteiger partial charge in [0.05, 0.1) is 5.56 Å². The van der Waals surface area contributed by atoms with E-state index in [-0.39, 0.29) is 5.56 Å². The Bertz CT molecular complexity index is 415. The Morgan fingerprint density at radius 1 is 1.19 bits per heavy atom. The summed E-state index contributed by atoms with van der Waals surface area (Å²) in [6.07, 6.45) is 3.72. The van der Waals surface area contributed by atoms with Crippen molar-refractivity contribution in [3.8, 4) is 5.75 Å². The molecule has 0 bridgehead atoms. The Kier molecular flexibility index (Phi) is 7.83. The normalized spacial score (nSPS) is 12.4. The number of carboxylic acid groups (broad SMARTS) is 1. The number of benzene rings is 1. The smallest absolute Gasteiger partial charge is 0.335 e. The standard InChI is InChI=1S/C17H27NO3/c1-13(2)5-4-6-14(3)18-11-12-21-16-9-7-15(8-10-16)17(19)20/h7-10,13-14,18H,4-6,11-12H2,1-3H3,(H,19,20). The Morgan fingerprint density at radius 2 is 1.86 bits per heavy atom. The Morgan fingerprint density at radius 3 is 2.43 bits per heavy atom. The Labute approximate surface area is 127 Å². The molecule has 1 aromatic rings. The maximum atomic E-state index is 10.7. The van der Waals surface area contributed by atoms with Crippen LogP contribution in [0.15, 0.2) is 24.3 Å². The van der Waals surface area contributed by atoms with E-state index < -0.39 is 5.97 Å². The van der Waals surface area contributed by atoms with Crippen molar-refractivity contribution in [3.63, 3.8) is 0 Å². The predicted octanol–water partition coefficient (Wildman–Crippen LogP) is 3.57. The molecule has 0 spiro atoms. The lowest BCUT2D eigenvalue weighted by molar-refractivity contribution is 0.0697. The number of hydrogen-bond acceptors (Lipinski definition) is 3. The fourth-order valence-corrected chi connectivity index (χ4v) is 2.10. The van der Waals surface area contributed by atoms with E-state index in [1.807, 2.05) is 0 Å². The molecule has 1 rings (SSSR count). The fourth-order valence-electron chi connectivity index (χ4n) is 2.10. The quantitative estimate of drug-likeness (QED) is 0.647. The van der Waals surface area contributed by atoms with Gasteiger partial charge in [0.1, 0.15) is 12.4 Å². The number of ether oxygens (including phenoxy) is 1. The number of aromatic carboxylic acids is 1. The van der Waals surface area contributed by atoms with Crippen LogP contribution in [-0.2, 0) is 0 Å². The van der Waals surface area contributed by atoms with Crippen LogP contribution >= 0.6 is 0 Å². The monoisotopic (exact) mass is 293 g/mol. The maximum absolute atomic E-state index is 10.7. The second-order valence-electron chi connectivity index (χ2n) is 5.86. The van der Waals surface area contributed by atoms with E-state index in [0.717, 1.165) is 12.5 Å². The molecule has 21 heavy (non-hydrogen) atoms. The minimum Gasteiger partial charge on any atom is -0.492 e. The minimum atomic E-state index is -0.918. The lowest BCUT2D eigenvalue weighted by Gasteiger charge is -2.15. The highest BCUT2D eigenvalue weighted by Crippen LogP contribution is 2.12. The molecular weight excluding hydrogens is 266 g/mol. The maximum Gasteiger partial charge on any atom is 0.335 e.